The molecule has 9 aliphatic carbocycles. The molecule has 0 aliphatic heterocycles. The minimum absolute atomic E-state index is 0.161. The first-order valence-corrected chi connectivity index (χ1v) is 25.1. The van der Waals surface area contributed by atoms with Crippen molar-refractivity contribution in [2.75, 3.05) is 0 Å². The van der Waals surface area contributed by atoms with E-state index in [0.29, 0.717) is 5.41 Å². The molecule has 0 atom stereocenters. The molecule has 0 amide bonds. The van der Waals surface area contributed by atoms with Gasteiger partial charge in [-0.15, -0.1) is 0 Å². The lowest BCUT2D eigenvalue weighted by Gasteiger charge is -2.49. The van der Waals surface area contributed by atoms with Gasteiger partial charge in [0, 0.05) is 54.8 Å². The summed E-state index contributed by atoms with van der Waals surface area (Å²) in [7, 11) is 0. The van der Waals surface area contributed by atoms with E-state index in [4.69, 9.17) is 4.42 Å². The van der Waals surface area contributed by atoms with Crippen molar-refractivity contribution < 1.29 is 4.42 Å². The van der Waals surface area contributed by atoms with Crippen molar-refractivity contribution in [1.29, 1.82) is 0 Å². The molecular weight excluding hydrogens is 765 g/mol. The third-order valence-corrected chi connectivity index (χ3v) is 19.4. The molecule has 0 saturated heterocycles. The first-order chi connectivity index (χ1) is 31.1. The fraction of sp³-hybridized carbons (Fsp3) is 0.400. The van der Waals surface area contributed by atoms with Crippen LogP contribution in [0, 0.1) is 17.8 Å². The number of benzene rings is 6. The standard InChI is InChI=1S/C60H58N2O/c1-4-10-52-44(7-1)45-8-2-5-11-53(45)61(52)42-13-14-47-46-9-3-6-12-54(46)62(55(47)37-42)43-35-49-48-33-41(58-24-15-38(16-25-58)17-26-58)34-50(59-27-18-39(19-28-59)20-29-59)56(48)63-57(49)51(36-43)60-30-21-40(22-31-60)23-32-60/h1-14,33-40H,15-32H2. The van der Waals surface area contributed by atoms with Gasteiger partial charge in [0.15, 0.2) is 0 Å². The molecule has 0 unspecified atom stereocenters. The molecule has 314 valence electrons. The molecule has 3 heterocycles. The van der Waals surface area contributed by atoms with Gasteiger partial charge >= 0.3 is 0 Å². The van der Waals surface area contributed by atoms with Gasteiger partial charge in [0.05, 0.1) is 22.1 Å². The van der Waals surface area contributed by atoms with Gasteiger partial charge in [-0.05, 0) is 204 Å². The van der Waals surface area contributed by atoms with Crippen molar-refractivity contribution in [3.05, 3.63) is 132 Å². The molecule has 3 aromatic heterocycles. The fourth-order valence-corrected chi connectivity index (χ4v) is 15.8. The van der Waals surface area contributed by atoms with Crippen LogP contribution in [0.3, 0.4) is 0 Å². The highest BCUT2D eigenvalue weighted by Gasteiger charge is 2.48. The van der Waals surface area contributed by atoms with Crippen molar-refractivity contribution >= 4 is 65.6 Å². The average molecular weight is 823 g/mol. The Morgan fingerprint density at radius 3 is 1.27 bits per heavy atom. The summed E-state index contributed by atoms with van der Waals surface area (Å²) in [6, 6.07) is 45.0. The zero-order chi connectivity index (χ0) is 41.1. The van der Waals surface area contributed by atoms with E-state index in [1.807, 2.05) is 0 Å². The Morgan fingerprint density at radius 2 is 0.762 bits per heavy atom. The number of nitrogens with zero attached hydrogens (tertiary/aromatic N) is 2. The largest absolute Gasteiger partial charge is 0.455 e. The van der Waals surface area contributed by atoms with Crippen LogP contribution in [0.2, 0.25) is 0 Å². The summed E-state index contributed by atoms with van der Waals surface area (Å²) in [6.45, 7) is 0. The van der Waals surface area contributed by atoms with Crippen LogP contribution in [-0.4, -0.2) is 9.13 Å². The van der Waals surface area contributed by atoms with Crippen molar-refractivity contribution in [2.24, 2.45) is 17.8 Å². The van der Waals surface area contributed by atoms with E-state index < -0.39 is 0 Å². The van der Waals surface area contributed by atoms with E-state index >= 15 is 0 Å². The number of hydrogen-bond acceptors (Lipinski definition) is 1. The second-order valence-electron chi connectivity index (χ2n) is 22.1. The van der Waals surface area contributed by atoms with Crippen LogP contribution >= 0.6 is 0 Å². The van der Waals surface area contributed by atoms with Crippen LogP contribution < -0.4 is 0 Å². The summed E-state index contributed by atoms with van der Waals surface area (Å²) in [6.07, 6.45) is 24.4. The highest BCUT2D eigenvalue weighted by Crippen LogP contribution is 2.59. The van der Waals surface area contributed by atoms with Gasteiger partial charge < -0.3 is 13.6 Å². The number of furan rings is 1. The molecule has 9 aromatic rings. The predicted molar refractivity (Wildman–Crippen MR) is 261 cm³/mol. The number of rotatable bonds is 5. The maximum atomic E-state index is 7.71. The molecule has 0 N–H and O–H groups in total. The van der Waals surface area contributed by atoms with Crippen LogP contribution in [0.5, 0.6) is 0 Å². The predicted octanol–water partition coefficient (Wildman–Crippen LogP) is 16.4. The second kappa shape index (κ2) is 12.9. The van der Waals surface area contributed by atoms with Crippen molar-refractivity contribution in [1.82, 2.24) is 9.13 Å². The van der Waals surface area contributed by atoms with Crippen LogP contribution in [0.4, 0.5) is 0 Å². The molecule has 18 rings (SSSR count). The van der Waals surface area contributed by atoms with Gasteiger partial charge in [0.1, 0.15) is 11.2 Å². The molecule has 63 heavy (non-hydrogen) atoms. The zero-order valence-corrected chi connectivity index (χ0v) is 36.7. The highest BCUT2D eigenvalue weighted by molar-refractivity contribution is 6.13. The van der Waals surface area contributed by atoms with E-state index in [1.165, 1.54) is 198 Å². The molecule has 3 nitrogen and oxygen atoms in total. The monoisotopic (exact) mass is 822 g/mol. The van der Waals surface area contributed by atoms with Gasteiger partial charge in [-0.25, -0.2) is 0 Å². The summed E-state index contributed by atoms with van der Waals surface area (Å²) in [4.78, 5) is 0. The number of hydrogen-bond donors (Lipinski definition) is 0. The van der Waals surface area contributed by atoms with E-state index in [0.717, 1.165) is 17.8 Å². The first kappa shape index (κ1) is 36.1. The minimum Gasteiger partial charge on any atom is -0.455 e. The molecule has 6 aromatic carbocycles. The fourth-order valence-electron chi connectivity index (χ4n) is 15.8. The van der Waals surface area contributed by atoms with Crippen molar-refractivity contribution in [3.8, 4) is 11.4 Å². The third-order valence-electron chi connectivity index (χ3n) is 19.4. The molecule has 3 heteroatoms. The van der Waals surface area contributed by atoms with E-state index in [2.05, 4.69) is 124 Å². The Bertz CT molecular complexity index is 3250. The molecule has 0 spiro atoms. The van der Waals surface area contributed by atoms with Gasteiger partial charge in [-0.2, -0.15) is 0 Å². The number of fused-ring (bicyclic) bond motifs is 18. The maximum Gasteiger partial charge on any atom is 0.139 e. The SMILES string of the molecule is c1ccc2c(c1)c1ccccc1n2-c1ccc2c3ccccc3n(-c3cc(C45CCC(CC4)CC5)c4oc5c(C67CCC(CC6)CC7)cc(C67CCC(CC6)CC7)cc5c4c3)c2c1. The molecule has 9 saturated carbocycles. The minimum atomic E-state index is 0.161. The summed E-state index contributed by atoms with van der Waals surface area (Å²) in [5.41, 5.74) is 15.5. The van der Waals surface area contributed by atoms with Crippen LogP contribution in [-0.2, 0) is 16.2 Å². The average Bonchev–Trinajstić information content (AvgIpc) is 4.02. The number of para-hydroxylation sites is 3. The molecule has 0 radical (unpaired) electrons. The molecule has 9 aliphatic rings. The smallest absolute Gasteiger partial charge is 0.139 e. The van der Waals surface area contributed by atoms with E-state index in [1.54, 1.807) is 11.1 Å². The Balaban J connectivity index is 1.03. The first-order valence-electron chi connectivity index (χ1n) is 25.1. The second-order valence-corrected chi connectivity index (χ2v) is 22.1. The Labute approximate surface area is 370 Å². The van der Waals surface area contributed by atoms with Crippen LogP contribution in [0.15, 0.2) is 120 Å². The van der Waals surface area contributed by atoms with E-state index in [-0.39, 0.29) is 10.8 Å². The molecular formula is C60H58N2O. The van der Waals surface area contributed by atoms with Crippen molar-refractivity contribution in [3.63, 3.8) is 0 Å². The Hall–Kier alpha value is -5.28. The van der Waals surface area contributed by atoms with Gasteiger partial charge in [-0.3, -0.25) is 0 Å². The van der Waals surface area contributed by atoms with Gasteiger partial charge in [0.2, 0.25) is 0 Å². The molecule has 9 fully saturated rings. The van der Waals surface area contributed by atoms with Gasteiger partial charge in [-0.1, -0.05) is 66.7 Å². The van der Waals surface area contributed by atoms with Crippen molar-refractivity contribution in [2.45, 2.75) is 132 Å². The number of aromatic nitrogens is 2. The summed E-state index contributed by atoms with van der Waals surface area (Å²) >= 11 is 0. The summed E-state index contributed by atoms with van der Waals surface area (Å²) < 4.78 is 12.8. The maximum absolute atomic E-state index is 7.71. The van der Waals surface area contributed by atoms with Gasteiger partial charge in [0.25, 0.3) is 0 Å². The lowest BCUT2D eigenvalue weighted by Crippen LogP contribution is -2.40. The topological polar surface area (TPSA) is 23.0 Å². The highest BCUT2D eigenvalue weighted by atomic mass is 16.3. The van der Waals surface area contributed by atoms with Crippen LogP contribution in [0.1, 0.15) is 132 Å². The Morgan fingerprint density at radius 1 is 0.349 bits per heavy atom. The zero-order valence-electron chi connectivity index (χ0n) is 36.7. The summed E-state index contributed by atoms with van der Waals surface area (Å²) in [5.74, 6) is 2.79. The van der Waals surface area contributed by atoms with Crippen LogP contribution in [0.25, 0.3) is 76.9 Å². The summed E-state index contributed by atoms with van der Waals surface area (Å²) in [5, 5.41) is 8.02. The third kappa shape index (κ3) is 4.98. The quantitative estimate of drug-likeness (QED) is 0.170. The normalized spacial score (nSPS) is 29.1. The Kier molecular flexibility index (Phi) is 7.41. The lowest BCUT2D eigenvalue weighted by atomic mass is 9.55. The molecule has 6 bridgehead atoms. The lowest BCUT2D eigenvalue weighted by molar-refractivity contribution is 0.130. The van der Waals surface area contributed by atoms with E-state index in [9.17, 15) is 0 Å².